The summed E-state index contributed by atoms with van der Waals surface area (Å²) in [5.74, 6) is -0.883. The van der Waals surface area contributed by atoms with Gasteiger partial charge in [0.1, 0.15) is 6.10 Å². The molecule has 1 saturated heterocycles. The second-order valence-electron chi connectivity index (χ2n) is 2.09. The summed E-state index contributed by atoms with van der Waals surface area (Å²) in [6, 6.07) is 0. The molecule has 0 bridgehead atoms. The Morgan fingerprint density at radius 1 is 1.50 bits per heavy atom. The zero-order valence-electron chi connectivity index (χ0n) is 5.10. The maximum absolute atomic E-state index is 10.4. The third-order valence-corrected chi connectivity index (χ3v) is 1.39. The highest BCUT2D eigenvalue weighted by molar-refractivity contribution is 5.77. The van der Waals surface area contributed by atoms with Crippen molar-refractivity contribution in [2.24, 2.45) is 0 Å². The van der Waals surface area contributed by atoms with Crippen molar-refractivity contribution in [2.45, 2.75) is 18.3 Å². The van der Waals surface area contributed by atoms with Gasteiger partial charge in [-0.15, -0.1) is 0 Å². The van der Waals surface area contributed by atoms with Crippen LogP contribution < -0.4 is 0 Å². The van der Waals surface area contributed by atoms with Gasteiger partial charge in [-0.1, -0.05) is 0 Å². The number of ether oxygens (including phenoxy) is 1. The highest BCUT2D eigenvalue weighted by Gasteiger charge is 2.41. The summed E-state index contributed by atoms with van der Waals surface area (Å²) in [4.78, 5) is 10.4. The van der Waals surface area contributed by atoms with Crippen LogP contribution >= 0.6 is 0 Å². The number of hydrogen-bond donors (Lipinski definition) is 3. The van der Waals surface area contributed by atoms with Crippen LogP contribution in [0.4, 0.5) is 0 Å². The standard InChI is InChI=1S/C5H8O5/c6-1-2-3(7)4(8)5(9)10-2/h2-4,6-8H,1H2/t2?,3-,4-/m0/s1. The molecule has 1 aliphatic rings. The summed E-state index contributed by atoms with van der Waals surface area (Å²) in [5, 5.41) is 26.0. The fourth-order valence-electron chi connectivity index (χ4n) is 0.777. The maximum Gasteiger partial charge on any atom is 0.338 e. The largest absolute Gasteiger partial charge is 0.455 e. The number of cyclic esters (lactones) is 1. The summed E-state index contributed by atoms with van der Waals surface area (Å²) in [5.41, 5.74) is 0. The van der Waals surface area contributed by atoms with E-state index in [-0.39, 0.29) is 0 Å². The number of aliphatic hydroxyl groups is 3. The molecule has 0 spiro atoms. The van der Waals surface area contributed by atoms with Gasteiger partial charge >= 0.3 is 5.97 Å². The van der Waals surface area contributed by atoms with Crippen LogP contribution in [0.3, 0.4) is 0 Å². The van der Waals surface area contributed by atoms with E-state index < -0.39 is 30.9 Å². The molecule has 1 fully saturated rings. The molecule has 0 aromatic carbocycles. The minimum absolute atomic E-state index is 0.468. The van der Waals surface area contributed by atoms with Gasteiger partial charge in [-0.2, -0.15) is 0 Å². The first-order valence-corrected chi connectivity index (χ1v) is 2.84. The molecule has 0 saturated carbocycles. The van der Waals surface area contributed by atoms with Crippen molar-refractivity contribution in [2.75, 3.05) is 6.61 Å². The molecule has 1 aliphatic heterocycles. The smallest absolute Gasteiger partial charge is 0.338 e. The predicted molar refractivity (Wildman–Crippen MR) is 29.0 cm³/mol. The van der Waals surface area contributed by atoms with E-state index >= 15 is 0 Å². The third-order valence-electron chi connectivity index (χ3n) is 1.39. The summed E-state index contributed by atoms with van der Waals surface area (Å²) in [6.07, 6.45) is -3.77. The predicted octanol–water partition coefficient (Wildman–Crippen LogP) is -2.37. The van der Waals surface area contributed by atoms with E-state index in [1.165, 1.54) is 0 Å². The van der Waals surface area contributed by atoms with Crippen LogP contribution in [0.2, 0.25) is 0 Å². The number of carbonyl (C=O) groups excluding carboxylic acids is 1. The van der Waals surface area contributed by atoms with Crippen LogP contribution in [0.5, 0.6) is 0 Å². The Bertz CT molecular complexity index is 145. The molecule has 1 heterocycles. The molecular weight excluding hydrogens is 140 g/mol. The van der Waals surface area contributed by atoms with Crippen LogP contribution in [0, 0.1) is 0 Å². The fraction of sp³-hybridized carbons (Fsp3) is 0.800. The quantitative estimate of drug-likeness (QED) is 0.362. The molecule has 3 atom stereocenters. The lowest BCUT2D eigenvalue weighted by atomic mass is 10.1. The number of rotatable bonds is 1. The van der Waals surface area contributed by atoms with Crippen molar-refractivity contribution in [3.05, 3.63) is 0 Å². The van der Waals surface area contributed by atoms with E-state index in [1.54, 1.807) is 0 Å². The van der Waals surface area contributed by atoms with Crippen LogP contribution in [0.25, 0.3) is 0 Å². The molecule has 1 rings (SSSR count). The van der Waals surface area contributed by atoms with Crippen molar-refractivity contribution in [3.8, 4) is 0 Å². The lowest BCUT2D eigenvalue weighted by molar-refractivity contribution is -0.148. The zero-order chi connectivity index (χ0) is 7.72. The van der Waals surface area contributed by atoms with Gasteiger partial charge in [0.15, 0.2) is 12.2 Å². The Morgan fingerprint density at radius 2 is 2.10 bits per heavy atom. The summed E-state index contributed by atoms with van der Waals surface area (Å²) < 4.78 is 4.35. The molecule has 5 nitrogen and oxygen atoms in total. The molecule has 0 aliphatic carbocycles. The van der Waals surface area contributed by atoms with E-state index in [1.807, 2.05) is 0 Å². The second-order valence-corrected chi connectivity index (χ2v) is 2.09. The van der Waals surface area contributed by atoms with Gasteiger partial charge in [0.25, 0.3) is 0 Å². The minimum atomic E-state index is -1.50. The number of hydrogen-bond acceptors (Lipinski definition) is 5. The monoisotopic (exact) mass is 148 g/mol. The molecule has 0 amide bonds. The lowest BCUT2D eigenvalue weighted by Gasteiger charge is -2.08. The molecule has 0 aromatic heterocycles. The molecule has 10 heavy (non-hydrogen) atoms. The second kappa shape index (κ2) is 2.53. The molecule has 3 N–H and O–H groups in total. The Morgan fingerprint density at radius 3 is 2.30 bits per heavy atom. The first-order chi connectivity index (χ1) is 4.66. The lowest BCUT2D eigenvalue weighted by Crippen LogP contribution is -2.32. The van der Waals surface area contributed by atoms with Crippen LogP contribution in [-0.4, -0.2) is 46.2 Å². The minimum Gasteiger partial charge on any atom is -0.455 e. The molecule has 0 aromatic rings. The van der Waals surface area contributed by atoms with Gasteiger partial charge in [-0.25, -0.2) is 4.79 Å². The Balaban J connectivity index is 2.61. The Hall–Kier alpha value is -0.650. The van der Waals surface area contributed by atoms with Gasteiger partial charge in [-0.05, 0) is 0 Å². The zero-order valence-corrected chi connectivity index (χ0v) is 5.10. The first-order valence-electron chi connectivity index (χ1n) is 2.84. The molecular formula is C5H8O5. The topological polar surface area (TPSA) is 87.0 Å². The van der Waals surface area contributed by atoms with Crippen molar-refractivity contribution in [3.63, 3.8) is 0 Å². The average molecular weight is 148 g/mol. The summed E-state index contributed by atoms with van der Waals surface area (Å²) in [6.45, 7) is -0.468. The molecule has 0 radical (unpaired) electrons. The van der Waals surface area contributed by atoms with Gasteiger partial charge in [0.05, 0.1) is 6.61 Å². The third kappa shape index (κ3) is 0.985. The summed E-state index contributed by atoms with van der Waals surface area (Å²) >= 11 is 0. The Kier molecular flexibility index (Phi) is 1.89. The number of esters is 1. The molecule has 58 valence electrons. The number of aliphatic hydroxyl groups excluding tert-OH is 3. The van der Waals surface area contributed by atoms with Crippen molar-refractivity contribution in [1.29, 1.82) is 0 Å². The van der Waals surface area contributed by atoms with Gasteiger partial charge in [0, 0.05) is 0 Å². The van der Waals surface area contributed by atoms with Gasteiger partial charge in [-0.3, -0.25) is 0 Å². The van der Waals surface area contributed by atoms with E-state index in [2.05, 4.69) is 4.74 Å². The van der Waals surface area contributed by atoms with Crippen molar-refractivity contribution < 1.29 is 24.9 Å². The average Bonchev–Trinajstić information content (AvgIpc) is 2.17. The molecule has 5 heteroatoms. The SMILES string of the molecule is O=C1OC(CO)[C@H](O)[C@@H]1O. The van der Waals surface area contributed by atoms with Crippen LogP contribution in [0.15, 0.2) is 0 Å². The fourth-order valence-corrected chi connectivity index (χ4v) is 0.777. The molecule has 1 unspecified atom stereocenters. The van der Waals surface area contributed by atoms with Gasteiger partial charge in [0.2, 0.25) is 0 Å². The maximum atomic E-state index is 10.4. The van der Waals surface area contributed by atoms with E-state index in [4.69, 9.17) is 15.3 Å². The van der Waals surface area contributed by atoms with E-state index in [9.17, 15) is 4.79 Å². The number of carbonyl (C=O) groups is 1. The highest BCUT2D eigenvalue weighted by Crippen LogP contribution is 2.14. The summed E-state index contributed by atoms with van der Waals surface area (Å²) in [7, 11) is 0. The Labute approximate surface area is 56.9 Å². The van der Waals surface area contributed by atoms with E-state index in [0.717, 1.165) is 0 Å². The van der Waals surface area contributed by atoms with Crippen LogP contribution in [0.1, 0.15) is 0 Å². The highest BCUT2D eigenvalue weighted by atomic mass is 16.6. The van der Waals surface area contributed by atoms with Crippen molar-refractivity contribution >= 4 is 5.97 Å². The van der Waals surface area contributed by atoms with Crippen LogP contribution in [-0.2, 0) is 9.53 Å². The normalized spacial score (nSPS) is 39.9. The van der Waals surface area contributed by atoms with Crippen molar-refractivity contribution in [1.82, 2.24) is 0 Å². The van der Waals surface area contributed by atoms with Gasteiger partial charge < -0.3 is 20.1 Å². The van der Waals surface area contributed by atoms with E-state index in [0.29, 0.717) is 0 Å². The first kappa shape index (κ1) is 7.46.